The van der Waals surface area contributed by atoms with Gasteiger partial charge in [0.25, 0.3) is 0 Å². The highest BCUT2D eigenvalue weighted by Gasteiger charge is 2.30. The van der Waals surface area contributed by atoms with Gasteiger partial charge in [-0.25, -0.2) is 12.8 Å². The Balaban J connectivity index is 2.39. The predicted molar refractivity (Wildman–Crippen MR) is 133 cm³/mol. The van der Waals surface area contributed by atoms with Crippen molar-refractivity contribution in [1.82, 2.24) is 10.2 Å². The minimum absolute atomic E-state index is 0.110. The van der Waals surface area contributed by atoms with Gasteiger partial charge in [-0.15, -0.1) is 0 Å². The predicted octanol–water partition coefficient (Wildman–Crippen LogP) is 4.23. The van der Waals surface area contributed by atoms with E-state index in [4.69, 9.17) is 23.2 Å². The van der Waals surface area contributed by atoms with Crippen molar-refractivity contribution < 1.29 is 22.4 Å². The molecular weight excluding hydrogens is 504 g/mol. The number of hydrogen-bond acceptors (Lipinski definition) is 4. The fourth-order valence-corrected chi connectivity index (χ4v) is 4.56. The molecule has 0 fully saturated rings. The lowest BCUT2D eigenvalue weighted by molar-refractivity contribution is -0.139. The third-order valence-electron chi connectivity index (χ3n) is 5.18. The third-order valence-corrected chi connectivity index (χ3v) is 7.03. The van der Waals surface area contributed by atoms with Gasteiger partial charge in [0.15, 0.2) is 0 Å². The van der Waals surface area contributed by atoms with Crippen LogP contribution >= 0.6 is 23.2 Å². The quantitative estimate of drug-likeness (QED) is 0.439. The highest BCUT2D eigenvalue weighted by atomic mass is 35.5. The topological polar surface area (TPSA) is 86.8 Å². The summed E-state index contributed by atoms with van der Waals surface area (Å²) in [6.07, 6.45) is 2.60. The molecule has 0 unspecified atom stereocenters. The number of rotatable bonds is 11. The smallest absolute Gasteiger partial charge is 0.244 e. The zero-order valence-electron chi connectivity index (χ0n) is 19.2. The van der Waals surface area contributed by atoms with E-state index in [-0.39, 0.29) is 12.2 Å². The van der Waals surface area contributed by atoms with Gasteiger partial charge in [0.05, 0.1) is 11.9 Å². The Morgan fingerprint density at radius 3 is 2.21 bits per heavy atom. The first kappa shape index (κ1) is 27.9. The van der Waals surface area contributed by atoms with E-state index in [0.717, 1.165) is 35.5 Å². The van der Waals surface area contributed by atoms with Gasteiger partial charge in [-0.2, -0.15) is 0 Å². The summed E-state index contributed by atoms with van der Waals surface area (Å²) in [5.41, 5.74) is 0.549. The van der Waals surface area contributed by atoms with E-state index in [1.165, 1.54) is 17.0 Å². The Kier molecular flexibility index (Phi) is 10.1. The largest absolute Gasteiger partial charge is 0.354 e. The van der Waals surface area contributed by atoms with Crippen LogP contribution in [0, 0.1) is 5.82 Å². The molecule has 1 N–H and O–H groups in total. The van der Waals surface area contributed by atoms with Crippen LogP contribution in [0.3, 0.4) is 0 Å². The average Bonchev–Trinajstić information content (AvgIpc) is 2.77. The van der Waals surface area contributed by atoms with Gasteiger partial charge < -0.3 is 10.2 Å². The van der Waals surface area contributed by atoms with Crippen molar-refractivity contribution in [2.24, 2.45) is 0 Å². The fourth-order valence-electron chi connectivity index (χ4n) is 3.19. The molecule has 0 radical (unpaired) electrons. The van der Waals surface area contributed by atoms with Gasteiger partial charge in [-0.05, 0) is 49.7 Å². The summed E-state index contributed by atoms with van der Waals surface area (Å²) in [6, 6.07) is 8.66. The number of unbranched alkanes of at least 4 members (excludes halogenated alkanes) is 1. The monoisotopic (exact) mass is 531 g/mol. The number of anilines is 1. The van der Waals surface area contributed by atoms with Crippen LogP contribution in [0.15, 0.2) is 42.5 Å². The molecule has 11 heteroatoms. The highest BCUT2D eigenvalue weighted by molar-refractivity contribution is 7.92. The van der Waals surface area contributed by atoms with Crippen LogP contribution in [0.1, 0.15) is 32.3 Å². The second kappa shape index (κ2) is 12.4. The molecule has 2 amide bonds. The summed E-state index contributed by atoms with van der Waals surface area (Å²) in [5.74, 6) is -1.59. The average molecular weight is 532 g/mol. The molecule has 0 aliphatic carbocycles. The summed E-state index contributed by atoms with van der Waals surface area (Å²) in [6.45, 7) is 3.27. The number of benzene rings is 2. The lowest BCUT2D eigenvalue weighted by Gasteiger charge is -2.32. The molecule has 0 heterocycles. The zero-order valence-corrected chi connectivity index (χ0v) is 21.6. The minimum atomic E-state index is -3.90. The number of hydrogen-bond donors (Lipinski definition) is 1. The summed E-state index contributed by atoms with van der Waals surface area (Å²) in [5, 5.41) is 3.40. The van der Waals surface area contributed by atoms with E-state index >= 15 is 0 Å². The summed E-state index contributed by atoms with van der Waals surface area (Å²) < 4.78 is 39.1. The van der Waals surface area contributed by atoms with Crippen LogP contribution in [0.5, 0.6) is 0 Å². The highest BCUT2D eigenvalue weighted by Crippen LogP contribution is 2.27. The first-order valence-electron chi connectivity index (χ1n) is 10.7. The maximum absolute atomic E-state index is 13.4. The van der Waals surface area contributed by atoms with Gasteiger partial charge in [-0.1, -0.05) is 42.6 Å². The van der Waals surface area contributed by atoms with Gasteiger partial charge in [0, 0.05) is 28.7 Å². The third kappa shape index (κ3) is 7.58. The van der Waals surface area contributed by atoms with Crippen molar-refractivity contribution in [2.75, 3.05) is 23.7 Å². The Hall–Kier alpha value is -2.36. The molecule has 0 saturated carbocycles. The molecule has 7 nitrogen and oxygen atoms in total. The van der Waals surface area contributed by atoms with Gasteiger partial charge >= 0.3 is 0 Å². The van der Waals surface area contributed by atoms with E-state index in [1.807, 2.05) is 6.92 Å². The number of carbonyl (C=O) groups is 2. The summed E-state index contributed by atoms with van der Waals surface area (Å²) in [4.78, 5) is 27.4. The molecule has 186 valence electrons. The molecule has 2 rings (SSSR count). The van der Waals surface area contributed by atoms with Crippen molar-refractivity contribution in [3.05, 3.63) is 63.9 Å². The maximum Gasteiger partial charge on any atom is 0.244 e. The number of carbonyl (C=O) groups excluding carboxylic acids is 2. The Morgan fingerprint density at radius 2 is 1.68 bits per heavy atom. The zero-order chi connectivity index (χ0) is 25.5. The van der Waals surface area contributed by atoms with E-state index in [1.54, 1.807) is 25.1 Å². The number of nitrogens with one attached hydrogen (secondary N) is 1. The fraction of sp³-hybridized carbons (Fsp3) is 0.391. The minimum Gasteiger partial charge on any atom is -0.354 e. The summed E-state index contributed by atoms with van der Waals surface area (Å²) >= 11 is 12.6. The molecule has 0 bridgehead atoms. The van der Waals surface area contributed by atoms with Crippen molar-refractivity contribution in [2.45, 2.75) is 39.3 Å². The SMILES string of the molecule is CCCCNC(=O)[C@@H](C)N(Cc1c(Cl)cccc1Cl)C(=O)CN(c1ccc(F)cc1)S(C)(=O)=O. The lowest BCUT2D eigenvalue weighted by Crippen LogP contribution is -2.51. The van der Waals surface area contributed by atoms with Crippen LogP contribution in [-0.4, -0.2) is 50.5 Å². The molecule has 34 heavy (non-hydrogen) atoms. The van der Waals surface area contributed by atoms with Crippen molar-refractivity contribution >= 4 is 50.7 Å². The van der Waals surface area contributed by atoms with Crippen LogP contribution in [0.4, 0.5) is 10.1 Å². The second-order valence-electron chi connectivity index (χ2n) is 7.79. The number of amides is 2. The van der Waals surface area contributed by atoms with Gasteiger partial charge in [-0.3, -0.25) is 13.9 Å². The first-order valence-corrected chi connectivity index (χ1v) is 13.3. The second-order valence-corrected chi connectivity index (χ2v) is 10.5. The number of sulfonamides is 1. The van der Waals surface area contributed by atoms with Crippen LogP contribution < -0.4 is 9.62 Å². The van der Waals surface area contributed by atoms with Crippen molar-refractivity contribution in [3.8, 4) is 0 Å². The molecule has 2 aromatic carbocycles. The van der Waals surface area contributed by atoms with E-state index in [9.17, 15) is 22.4 Å². The molecule has 0 aliphatic heterocycles. The van der Waals surface area contributed by atoms with Crippen molar-refractivity contribution in [3.63, 3.8) is 0 Å². The molecule has 2 aromatic rings. The normalized spacial score (nSPS) is 12.2. The standard InChI is InChI=1S/C23H28Cl2FN3O4S/c1-4-5-13-27-23(31)16(2)28(14-19-20(24)7-6-8-21(19)25)22(30)15-29(34(3,32)33)18-11-9-17(26)10-12-18/h6-12,16H,4-5,13-15H2,1-3H3,(H,27,31)/t16-/m1/s1. The van der Waals surface area contributed by atoms with E-state index < -0.39 is 40.2 Å². The molecule has 0 saturated heterocycles. The van der Waals surface area contributed by atoms with Crippen LogP contribution in [0.25, 0.3) is 0 Å². The molecular formula is C23H28Cl2FN3O4S. The maximum atomic E-state index is 13.4. The molecule has 0 aliphatic rings. The lowest BCUT2D eigenvalue weighted by atomic mass is 10.1. The molecule has 0 spiro atoms. The van der Waals surface area contributed by atoms with E-state index in [0.29, 0.717) is 22.2 Å². The van der Waals surface area contributed by atoms with Crippen LogP contribution in [-0.2, 0) is 26.2 Å². The Bertz CT molecular complexity index is 1090. The van der Waals surface area contributed by atoms with Crippen LogP contribution in [0.2, 0.25) is 10.0 Å². The number of nitrogens with zero attached hydrogens (tertiary/aromatic N) is 2. The molecule has 1 atom stereocenters. The Labute approximate surface area is 209 Å². The first-order chi connectivity index (χ1) is 16.0. The Morgan fingerprint density at radius 1 is 1.09 bits per heavy atom. The van der Waals surface area contributed by atoms with Crippen molar-refractivity contribution in [1.29, 1.82) is 0 Å². The van der Waals surface area contributed by atoms with Gasteiger partial charge in [0.1, 0.15) is 18.4 Å². The summed E-state index contributed by atoms with van der Waals surface area (Å²) in [7, 11) is -3.90. The van der Waals surface area contributed by atoms with Gasteiger partial charge in [0.2, 0.25) is 21.8 Å². The number of halogens is 3. The van der Waals surface area contributed by atoms with E-state index in [2.05, 4.69) is 5.32 Å². The molecule has 0 aromatic heterocycles.